The van der Waals surface area contributed by atoms with Gasteiger partial charge in [0.25, 0.3) is 0 Å². The summed E-state index contributed by atoms with van der Waals surface area (Å²) in [7, 11) is 1.70. The molecule has 1 aliphatic carbocycles. The highest BCUT2D eigenvalue weighted by Gasteiger charge is 2.29. The third-order valence-electron chi connectivity index (χ3n) is 4.34. The molecule has 18 heavy (non-hydrogen) atoms. The largest absolute Gasteiger partial charge is 0.497 e. The van der Waals surface area contributed by atoms with Gasteiger partial charge in [0, 0.05) is 5.54 Å². The molecule has 1 aromatic carbocycles. The Kier molecular flexibility index (Phi) is 4.28. The Bertz CT molecular complexity index is 363. The van der Waals surface area contributed by atoms with Crippen LogP contribution < -0.4 is 10.5 Å². The Hall–Kier alpha value is -1.02. The lowest BCUT2D eigenvalue weighted by Crippen LogP contribution is -2.43. The third-order valence-corrected chi connectivity index (χ3v) is 4.34. The lowest BCUT2D eigenvalue weighted by molar-refractivity contribution is 0.232. The van der Waals surface area contributed by atoms with Crippen molar-refractivity contribution in [3.8, 4) is 5.75 Å². The number of hydrogen-bond donors (Lipinski definition) is 1. The quantitative estimate of drug-likeness (QED) is 0.883. The summed E-state index contributed by atoms with van der Waals surface area (Å²) in [6, 6.07) is 8.35. The Labute approximate surface area is 111 Å². The van der Waals surface area contributed by atoms with Crippen LogP contribution in [0.5, 0.6) is 5.75 Å². The summed E-state index contributed by atoms with van der Waals surface area (Å²) < 4.78 is 5.17. The van der Waals surface area contributed by atoms with Gasteiger partial charge in [-0.25, -0.2) is 0 Å². The van der Waals surface area contributed by atoms with Gasteiger partial charge in [-0.2, -0.15) is 0 Å². The van der Waals surface area contributed by atoms with E-state index in [1.54, 1.807) is 7.11 Å². The molecule has 0 aromatic heterocycles. The van der Waals surface area contributed by atoms with Crippen LogP contribution in [-0.4, -0.2) is 12.6 Å². The summed E-state index contributed by atoms with van der Waals surface area (Å²) in [5, 5.41) is 0. The molecule has 0 aliphatic heterocycles. The minimum Gasteiger partial charge on any atom is -0.497 e. The van der Waals surface area contributed by atoms with Gasteiger partial charge in [-0.3, -0.25) is 0 Å². The van der Waals surface area contributed by atoms with Gasteiger partial charge < -0.3 is 10.5 Å². The summed E-state index contributed by atoms with van der Waals surface area (Å²) >= 11 is 0. The first kappa shape index (κ1) is 13.4. The van der Waals surface area contributed by atoms with Crippen LogP contribution in [0.15, 0.2) is 24.3 Å². The molecule has 0 spiro atoms. The Morgan fingerprint density at radius 3 is 2.39 bits per heavy atom. The number of benzene rings is 1. The van der Waals surface area contributed by atoms with E-state index in [4.69, 9.17) is 10.5 Å². The molecule has 0 unspecified atom stereocenters. The van der Waals surface area contributed by atoms with Crippen LogP contribution in [0.4, 0.5) is 0 Å². The van der Waals surface area contributed by atoms with E-state index in [9.17, 15) is 0 Å². The van der Waals surface area contributed by atoms with E-state index in [2.05, 4.69) is 19.1 Å². The summed E-state index contributed by atoms with van der Waals surface area (Å²) in [5.74, 6) is 1.79. The van der Waals surface area contributed by atoms with Crippen molar-refractivity contribution in [3.63, 3.8) is 0 Å². The van der Waals surface area contributed by atoms with E-state index in [0.717, 1.165) is 24.5 Å². The van der Waals surface area contributed by atoms with Crippen LogP contribution in [0.1, 0.15) is 44.6 Å². The lowest BCUT2D eigenvalue weighted by atomic mass is 9.75. The minimum atomic E-state index is 0.0758. The third kappa shape index (κ3) is 3.49. The molecule has 100 valence electrons. The first-order valence-corrected chi connectivity index (χ1v) is 7.03. The average molecular weight is 247 g/mol. The topological polar surface area (TPSA) is 35.2 Å². The van der Waals surface area contributed by atoms with Crippen LogP contribution in [0, 0.1) is 5.92 Å². The molecule has 2 heteroatoms. The first-order valence-electron chi connectivity index (χ1n) is 7.03. The van der Waals surface area contributed by atoms with Gasteiger partial charge in [0.1, 0.15) is 5.75 Å². The Morgan fingerprint density at radius 2 is 1.83 bits per heavy atom. The van der Waals surface area contributed by atoms with Gasteiger partial charge in [0.2, 0.25) is 0 Å². The van der Waals surface area contributed by atoms with Crippen LogP contribution in [0.3, 0.4) is 0 Å². The van der Waals surface area contributed by atoms with Crippen molar-refractivity contribution < 1.29 is 4.74 Å². The fourth-order valence-electron chi connectivity index (χ4n) is 2.77. The molecule has 0 bridgehead atoms. The Balaban J connectivity index is 1.86. The normalized spacial score (nSPS) is 28.1. The van der Waals surface area contributed by atoms with Gasteiger partial charge in [0.15, 0.2) is 0 Å². The summed E-state index contributed by atoms with van der Waals surface area (Å²) in [6.07, 6.45) is 7.13. The number of aryl methyl sites for hydroxylation is 1. The summed E-state index contributed by atoms with van der Waals surface area (Å²) in [4.78, 5) is 0. The molecule has 1 fully saturated rings. The highest BCUT2D eigenvalue weighted by Crippen LogP contribution is 2.33. The van der Waals surface area contributed by atoms with Gasteiger partial charge in [-0.05, 0) is 62.1 Å². The van der Waals surface area contributed by atoms with E-state index < -0.39 is 0 Å². The molecule has 0 amide bonds. The van der Waals surface area contributed by atoms with Gasteiger partial charge in [0.05, 0.1) is 7.11 Å². The van der Waals surface area contributed by atoms with Crippen molar-refractivity contribution >= 4 is 0 Å². The fourth-order valence-corrected chi connectivity index (χ4v) is 2.77. The summed E-state index contributed by atoms with van der Waals surface area (Å²) in [6.45, 7) is 2.34. The fraction of sp³-hybridized carbons (Fsp3) is 0.625. The Morgan fingerprint density at radius 1 is 1.22 bits per heavy atom. The molecule has 1 aliphatic rings. The smallest absolute Gasteiger partial charge is 0.118 e. The summed E-state index contributed by atoms with van der Waals surface area (Å²) in [5.41, 5.74) is 7.94. The molecule has 0 saturated heterocycles. The lowest BCUT2D eigenvalue weighted by Gasteiger charge is -2.36. The van der Waals surface area contributed by atoms with E-state index >= 15 is 0 Å². The van der Waals surface area contributed by atoms with E-state index in [-0.39, 0.29) is 5.54 Å². The zero-order chi connectivity index (χ0) is 13.0. The van der Waals surface area contributed by atoms with Crippen molar-refractivity contribution in [2.45, 2.75) is 51.0 Å². The van der Waals surface area contributed by atoms with Crippen LogP contribution >= 0.6 is 0 Å². The molecule has 0 atom stereocenters. The predicted octanol–water partition coefficient (Wildman–Crippen LogP) is 3.54. The molecule has 0 radical (unpaired) electrons. The maximum Gasteiger partial charge on any atom is 0.118 e. The van der Waals surface area contributed by atoms with Crippen LogP contribution in [0.2, 0.25) is 0 Å². The number of ether oxygens (including phenoxy) is 1. The second kappa shape index (κ2) is 5.75. The minimum absolute atomic E-state index is 0.0758. The molecule has 2 rings (SSSR count). The van der Waals surface area contributed by atoms with E-state index in [1.165, 1.54) is 31.2 Å². The first-order chi connectivity index (χ1) is 8.61. The van der Waals surface area contributed by atoms with E-state index in [1.807, 2.05) is 12.1 Å². The molecular weight excluding hydrogens is 222 g/mol. The van der Waals surface area contributed by atoms with Gasteiger partial charge >= 0.3 is 0 Å². The molecule has 1 aromatic rings. The average Bonchev–Trinajstić information content (AvgIpc) is 2.41. The molecule has 1 saturated carbocycles. The van der Waals surface area contributed by atoms with Crippen LogP contribution in [-0.2, 0) is 6.42 Å². The van der Waals surface area contributed by atoms with E-state index in [0.29, 0.717) is 0 Å². The van der Waals surface area contributed by atoms with Crippen molar-refractivity contribution in [2.24, 2.45) is 11.7 Å². The van der Waals surface area contributed by atoms with Crippen molar-refractivity contribution in [2.75, 3.05) is 7.11 Å². The SMILES string of the molecule is COc1ccc(CCC2(N)CCC(C)CC2)cc1. The number of nitrogens with two attached hydrogens (primary N) is 1. The maximum absolute atomic E-state index is 6.50. The molecule has 0 heterocycles. The monoisotopic (exact) mass is 247 g/mol. The van der Waals surface area contributed by atoms with Crippen LogP contribution in [0.25, 0.3) is 0 Å². The van der Waals surface area contributed by atoms with Gasteiger partial charge in [-0.15, -0.1) is 0 Å². The highest BCUT2D eigenvalue weighted by molar-refractivity contribution is 5.27. The number of rotatable bonds is 4. The zero-order valence-corrected chi connectivity index (χ0v) is 11.6. The molecular formula is C16H25NO. The van der Waals surface area contributed by atoms with Gasteiger partial charge in [-0.1, -0.05) is 19.1 Å². The second-order valence-electron chi connectivity index (χ2n) is 5.89. The zero-order valence-electron chi connectivity index (χ0n) is 11.6. The molecule has 2 nitrogen and oxygen atoms in total. The number of hydrogen-bond acceptors (Lipinski definition) is 2. The number of methoxy groups -OCH3 is 1. The molecule has 2 N–H and O–H groups in total. The standard InChI is InChI=1S/C16H25NO/c1-13-7-10-16(17,11-8-13)12-9-14-3-5-15(18-2)6-4-14/h3-6,13H,7-12,17H2,1-2H3. The maximum atomic E-state index is 6.50. The predicted molar refractivity (Wildman–Crippen MR) is 75.9 cm³/mol. The second-order valence-corrected chi connectivity index (χ2v) is 5.89. The van der Waals surface area contributed by atoms with Crippen molar-refractivity contribution in [3.05, 3.63) is 29.8 Å². The van der Waals surface area contributed by atoms with Crippen molar-refractivity contribution in [1.82, 2.24) is 0 Å². The highest BCUT2D eigenvalue weighted by atomic mass is 16.5. The van der Waals surface area contributed by atoms with Crippen molar-refractivity contribution in [1.29, 1.82) is 0 Å².